The van der Waals surface area contributed by atoms with Crippen LogP contribution in [-0.4, -0.2) is 35.7 Å². The Labute approximate surface area is 102 Å². The molecule has 0 amide bonds. The number of nitrogens with one attached hydrogen (secondary N) is 1. The predicted molar refractivity (Wildman–Crippen MR) is 66.5 cm³/mol. The fourth-order valence-corrected chi connectivity index (χ4v) is 3.66. The van der Waals surface area contributed by atoms with E-state index in [4.69, 9.17) is 0 Å². The maximum atomic E-state index is 11.3. The SMILES string of the molecule is Cc1nn(C)cc1CNC1CCS(=O)(=O)CC1. The molecule has 1 aliphatic rings. The molecule has 17 heavy (non-hydrogen) atoms. The first-order chi connectivity index (χ1) is 7.96. The number of aromatic nitrogens is 2. The van der Waals surface area contributed by atoms with E-state index in [1.165, 1.54) is 5.56 Å². The van der Waals surface area contributed by atoms with Gasteiger partial charge in [-0.25, -0.2) is 8.42 Å². The Bertz CT molecular complexity index is 479. The number of aryl methyl sites for hydroxylation is 2. The molecule has 0 unspecified atom stereocenters. The van der Waals surface area contributed by atoms with E-state index < -0.39 is 9.84 Å². The Hall–Kier alpha value is -0.880. The molecule has 1 aromatic heterocycles. The summed E-state index contributed by atoms with van der Waals surface area (Å²) in [5, 5.41) is 7.69. The van der Waals surface area contributed by atoms with Gasteiger partial charge in [0.05, 0.1) is 17.2 Å². The molecule has 2 heterocycles. The Morgan fingerprint density at radius 1 is 1.47 bits per heavy atom. The van der Waals surface area contributed by atoms with Gasteiger partial charge in [0.1, 0.15) is 9.84 Å². The summed E-state index contributed by atoms with van der Waals surface area (Å²) in [7, 11) is -0.853. The van der Waals surface area contributed by atoms with Crippen molar-refractivity contribution in [2.45, 2.75) is 32.4 Å². The highest BCUT2D eigenvalue weighted by molar-refractivity contribution is 7.91. The Balaban J connectivity index is 1.85. The van der Waals surface area contributed by atoms with Crippen molar-refractivity contribution in [3.05, 3.63) is 17.5 Å². The largest absolute Gasteiger partial charge is 0.310 e. The van der Waals surface area contributed by atoms with Crippen LogP contribution >= 0.6 is 0 Å². The zero-order chi connectivity index (χ0) is 12.5. The lowest BCUT2D eigenvalue weighted by molar-refractivity contribution is 0.462. The molecule has 5 nitrogen and oxygen atoms in total. The highest BCUT2D eigenvalue weighted by atomic mass is 32.2. The Morgan fingerprint density at radius 2 is 2.12 bits per heavy atom. The van der Waals surface area contributed by atoms with Gasteiger partial charge >= 0.3 is 0 Å². The zero-order valence-corrected chi connectivity index (χ0v) is 11.1. The van der Waals surface area contributed by atoms with Gasteiger partial charge in [-0.15, -0.1) is 0 Å². The van der Waals surface area contributed by atoms with Crippen molar-refractivity contribution in [3.8, 4) is 0 Å². The molecule has 1 fully saturated rings. The smallest absolute Gasteiger partial charge is 0.150 e. The number of rotatable bonds is 3. The molecule has 0 saturated carbocycles. The lowest BCUT2D eigenvalue weighted by Gasteiger charge is -2.22. The third-order valence-electron chi connectivity index (χ3n) is 3.25. The number of hydrogen-bond acceptors (Lipinski definition) is 4. The van der Waals surface area contributed by atoms with Crippen molar-refractivity contribution in [3.63, 3.8) is 0 Å². The molecule has 1 aromatic rings. The summed E-state index contributed by atoms with van der Waals surface area (Å²) in [6.45, 7) is 2.76. The van der Waals surface area contributed by atoms with Gasteiger partial charge in [-0.05, 0) is 19.8 Å². The quantitative estimate of drug-likeness (QED) is 0.851. The molecule has 0 aliphatic carbocycles. The van der Waals surface area contributed by atoms with Crippen molar-refractivity contribution in [1.29, 1.82) is 0 Å². The normalized spacial score (nSPS) is 20.6. The molecule has 0 spiro atoms. The van der Waals surface area contributed by atoms with E-state index in [1.807, 2.05) is 20.2 Å². The minimum Gasteiger partial charge on any atom is -0.310 e. The van der Waals surface area contributed by atoms with Gasteiger partial charge in [0.2, 0.25) is 0 Å². The molecule has 0 bridgehead atoms. The summed E-state index contributed by atoms with van der Waals surface area (Å²) in [6.07, 6.45) is 3.45. The van der Waals surface area contributed by atoms with E-state index in [2.05, 4.69) is 10.4 Å². The first kappa shape index (κ1) is 12.6. The van der Waals surface area contributed by atoms with Gasteiger partial charge in [-0.2, -0.15) is 5.10 Å². The summed E-state index contributed by atoms with van der Waals surface area (Å²) in [5.74, 6) is 0.632. The fraction of sp³-hybridized carbons (Fsp3) is 0.727. The lowest BCUT2D eigenvalue weighted by atomic mass is 10.1. The monoisotopic (exact) mass is 257 g/mol. The summed E-state index contributed by atoms with van der Waals surface area (Å²) >= 11 is 0. The van der Waals surface area contributed by atoms with Crippen LogP contribution in [0.15, 0.2) is 6.20 Å². The highest BCUT2D eigenvalue weighted by Crippen LogP contribution is 2.13. The average Bonchev–Trinajstić information content (AvgIpc) is 2.56. The van der Waals surface area contributed by atoms with Crippen LogP contribution in [0.2, 0.25) is 0 Å². The first-order valence-corrected chi connectivity index (χ1v) is 7.71. The van der Waals surface area contributed by atoms with Gasteiger partial charge in [0.15, 0.2) is 0 Å². The van der Waals surface area contributed by atoms with Crippen LogP contribution in [0.25, 0.3) is 0 Å². The average molecular weight is 257 g/mol. The second kappa shape index (κ2) is 4.78. The first-order valence-electron chi connectivity index (χ1n) is 5.89. The van der Waals surface area contributed by atoms with Gasteiger partial charge in [-0.3, -0.25) is 4.68 Å². The third kappa shape index (κ3) is 3.29. The third-order valence-corrected chi connectivity index (χ3v) is 4.97. The van der Waals surface area contributed by atoms with Crippen molar-refractivity contribution in [2.24, 2.45) is 7.05 Å². The zero-order valence-electron chi connectivity index (χ0n) is 10.3. The summed E-state index contributed by atoms with van der Waals surface area (Å²) in [5.41, 5.74) is 2.21. The molecule has 1 aliphatic heterocycles. The van der Waals surface area contributed by atoms with Crippen LogP contribution in [0.3, 0.4) is 0 Å². The van der Waals surface area contributed by atoms with E-state index in [-0.39, 0.29) is 0 Å². The van der Waals surface area contributed by atoms with E-state index >= 15 is 0 Å². The molecule has 6 heteroatoms. The fourth-order valence-electron chi connectivity index (χ4n) is 2.17. The summed E-state index contributed by atoms with van der Waals surface area (Å²) < 4.78 is 24.4. The topological polar surface area (TPSA) is 64.0 Å². The van der Waals surface area contributed by atoms with Gasteiger partial charge in [0.25, 0.3) is 0 Å². The predicted octanol–water partition coefficient (Wildman–Crippen LogP) is 0.395. The van der Waals surface area contributed by atoms with E-state index in [9.17, 15) is 8.42 Å². The maximum Gasteiger partial charge on any atom is 0.150 e. The molecule has 1 N–H and O–H groups in total. The van der Waals surface area contributed by atoms with Crippen LogP contribution in [-0.2, 0) is 23.4 Å². The second-order valence-electron chi connectivity index (χ2n) is 4.72. The number of nitrogens with zero attached hydrogens (tertiary/aromatic N) is 2. The van der Waals surface area contributed by atoms with Crippen LogP contribution in [0, 0.1) is 6.92 Å². The van der Waals surface area contributed by atoms with E-state index in [0.717, 1.165) is 25.1 Å². The maximum absolute atomic E-state index is 11.3. The molecular weight excluding hydrogens is 238 g/mol. The highest BCUT2D eigenvalue weighted by Gasteiger charge is 2.23. The van der Waals surface area contributed by atoms with E-state index in [1.54, 1.807) is 4.68 Å². The minimum atomic E-state index is -2.76. The van der Waals surface area contributed by atoms with Gasteiger partial charge < -0.3 is 5.32 Å². The molecule has 0 aromatic carbocycles. The van der Waals surface area contributed by atoms with Crippen molar-refractivity contribution in [2.75, 3.05) is 11.5 Å². The van der Waals surface area contributed by atoms with Crippen molar-refractivity contribution in [1.82, 2.24) is 15.1 Å². The minimum absolute atomic E-state index is 0.316. The van der Waals surface area contributed by atoms with Crippen LogP contribution in [0.4, 0.5) is 0 Å². The second-order valence-corrected chi connectivity index (χ2v) is 7.02. The summed E-state index contributed by atoms with van der Waals surface area (Å²) in [4.78, 5) is 0. The molecule has 0 atom stereocenters. The van der Waals surface area contributed by atoms with E-state index in [0.29, 0.717) is 17.5 Å². The Morgan fingerprint density at radius 3 is 2.65 bits per heavy atom. The number of sulfone groups is 1. The van der Waals surface area contributed by atoms with Crippen LogP contribution in [0.1, 0.15) is 24.1 Å². The van der Waals surface area contributed by atoms with Gasteiger partial charge in [-0.1, -0.05) is 0 Å². The number of hydrogen-bond donors (Lipinski definition) is 1. The lowest BCUT2D eigenvalue weighted by Crippen LogP contribution is -2.37. The Kier molecular flexibility index (Phi) is 3.53. The van der Waals surface area contributed by atoms with Crippen LogP contribution < -0.4 is 5.32 Å². The molecule has 0 radical (unpaired) electrons. The van der Waals surface area contributed by atoms with Gasteiger partial charge in [0, 0.05) is 31.4 Å². The molecule has 96 valence electrons. The molecular formula is C11H19N3O2S. The summed E-state index contributed by atoms with van der Waals surface area (Å²) in [6, 6.07) is 0.318. The van der Waals surface area contributed by atoms with Crippen molar-refractivity contribution >= 4 is 9.84 Å². The van der Waals surface area contributed by atoms with Crippen molar-refractivity contribution < 1.29 is 8.42 Å². The molecule has 2 rings (SSSR count). The standard InChI is InChI=1S/C11H19N3O2S/c1-9-10(8-14(2)13-9)7-12-11-3-5-17(15,16)6-4-11/h8,11-12H,3-7H2,1-2H3. The molecule has 1 saturated heterocycles. The van der Waals surface area contributed by atoms with Crippen LogP contribution in [0.5, 0.6) is 0 Å².